The van der Waals surface area contributed by atoms with Crippen molar-refractivity contribution in [3.05, 3.63) is 0 Å². The molecule has 10 rings (SSSR count). The fourth-order valence-electron chi connectivity index (χ4n) is 16.3. The summed E-state index contributed by atoms with van der Waals surface area (Å²) in [5, 5.41) is 315. The fraction of sp³-hybridized carbons (Fsp3) is 0.929. The summed E-state index contributed by atoms with van der Waals surface area (Å²) in [5.41, 5.74) is 0. The Hall–Kier alpha value is -4.49. The number of carbonyl (C=O) groups excluding carboxylic acids is 5. The summed E-state index contributed by atoms with van der Waals surface area (Å²) in [5.74, 6) is -4.83. The molecule has 10 fully saturated rings. The first-order chi connectivity index (χ1) is 59.6. The summed E-state index contributed by atoms with van der Waals surface area (Å²) >= 11 is 0. The first kappa shape index (κ1) is 104. The third-order valence-electron chi connectivity index (χ3n) is 22.9. The van der Waals surface area contributed by atoms with E-state index in [0.29, 0.717) is 0 Å². The van der Waals surface area contributed by atoms with Crippen molar-refractivity contribution in [3.8, 4) is 0 Å². The first-order valence-corrected chi connectivity index (χ1v) is 40.1. The van der Waals surface area contributed by atoms with E-state index in [0.717, 1.165) is 34.6 Å². The van der Waals surface area contributed by atoms with Crippen LogP contribution in [-0.2, 0) is 114 Å². The third-order valence-corrected chi connectivity index (χ3v) is 22.9. The molecule has 0 spiro atoms. The summed E-state index contributed by atoms with van der Waals surface area (Å²) in [7, 11) is 0. The molecule has 0 aromatic heterocycles. The zero-order valence-electron chi connectivity index (χ0n) is 67.8. The van der Waals surface area contributed by atoms with Gasteiger partial charge in [-0.05, 0) is 0 Å². The maximum Gasteiger partial charge on any atom is 0.217 e. The molecule has 10 aliphatic rings. The minimum atomic E-state index is -2.80. The van der Waals surface area contributed by atoms with Crippen LogP contribution in [0.1, 0.15) is 34.6 Å². The van der Waals surface area contributed by atoms with Crippen molar-refractivity contribution in [1.82, 2.24) is 26.6 Å². The van der Waals surface area contributed by atoms with Crippen LogP contribution in [0.25, 0.3) is 0 Å². The highest BCUT2D eigenvalue weighted by atomic mass is 16.8. The number of rotatable bonds is 33. The predicted octanol–water partition coefficient (Wildman–Crippen LogP) is -22.1. The number of carbonyl (C=O) groups is 5. The molecule has 32 N–H and O–H groups in total. The lowest BCUT2D eigenvalue weighted by Gasteiger charge is -2.53. The summed E-state index contributed by atoms with van der Waals surface area (Å²) in [4.78, 5) is 64.9. The number of aliphatic hydroxyl groups excluding tert-OH is 27. The van der Waals surface area contributed by atoms with Gasteiger partial charge in [-0.1, -0.05) is 0 Å². The van der Waals surface area contributed by atoms with Gasteiger partial charge in [0.2, 0.25) is 29.5 Å². The third kappa shape index (κ3) is 23.1. The Balaban J connectivity index is 1.10. The zero-order chi connectivity index (χ0) is 92.8. The molecule has 10 saturated heterocycles. The Labute approximate surface area is 713 Å². The van der Waals surface area contributed by atoms with Crippen LogP contribution in [0.5, 0.6) is 0 Å². The lowest BCUT2D eigenvalue weighted by molar-refractivity contribution is -0.412. The fourth-order valence-corrected chi connectivity index (χ4v) is 16.3. The summed E-state index contributed by atoms with van der Waals surface area (Å²) < 4.78 is 115. The molecule has 0 aromatic carbocycles. The van der Waals surface area contributed by atoms with Gasteiger partial charge in [0.25, 0.3) is 0 Å². The monoisotopic (exact) mass is 1840 g/mol. The van der Waals surface area contributed by atoms with E-state index in [4.69, 9.17) is 90.0 Å². The zero-order valence-corrected chi connectivity index (χ0v) is 67.8. The molecule has 56 nitrogen and oxygen atoms in total. The largest absolute Gasteiger partial charge is 0.394 e. The van der Waals surface area contributed by atoms with Gasteiger partial charge in [-0.15, -0.1) is 0 Å². The number of ether oxygens (including phenoxy) is 19. The Kier molecular flexibility index (Phi) is 37.4. The van der Waals surface area contributed by atoms with Gasteiger partial charge in [0, 0.05) is 34.6 Å². The minimum Gasteiger partial charge on any atom is -0.394 e. The number of hydrogen-bond donors (Lipinski definition) is 32. The lowest BCUT2D eigenvalue weighted by atomic mass is 9.93. The standard InChI is InChI=1S/C70H117N5O51/c1-16(84)71-31-43(96)54(25(10-80)110-61(31)107)120-64-34(74-19(4)87)45(98)56(27(12-82)115-64)123-69-53(106)59(58(124-62-32(72-17(2)85)41(94)36(89)21(6-76)111-62)30(119-69)15-109-67-50(103)48(101)40(93)29(118-67)14-108-66-49(102)46(99)38(91)23(8-78)113-66)125-70-60(126-63-33(73-18(3)86)42(95)37(90)22(7-77)112-63)52(105)57(28(13-83)117-70)121-65-35(75-20(5)88)44(97)55(26(11-81)116-65)122-68-51(104)47(100)39(92)24(9-79)114-68/h21-70,76-83,89-107H,6-15H2,1-5H3,(H,71,84)(H,72,85)(H,73,86)(H,74,87)(H,75,88)/t21-,22-,23-,24-,25-,26-,27-,28-,29-,30-,31-,32-,33-,34-,35-,36-,37-,38-,39+,40-,41-,42-,43-,44-,45-,46+,47+,48+,49+,50+,51-,52+,53+,54-,55-,56-,57-,58-,59-,60+,61?,62+,63+,64+,65+,66+,67+,68+,69+,70-/m1/s1. The van der Waals surface area contributed by atoms with Gasteiger partial charge >= 0.3 is 0 Å². The predicted molar refractivity (Wildman–Crippen MR) is 388 cm³/mol. The number of amides is 5. The van der Waals surface area contributed by atoms with Crippen LogP contribution >= 0.6 is 0 Å². The Morgan fingerprint density at radius 3 is 0.825 bits per heavy atom. The highest BCUT2D eigenvalue weighted by Crippen LogP contribution is 2.42. The molecule has 50 atom stereocenters. The molecule has 0 aromatic rings. The van der Waals surface area contributed by atoms with E-state index in [1.165, 1.54) is 0 Å². The highest BCUT2D eigenvalue weighted by molar-refractivity contribution is 5.75. The second-order valence-electron chi connectivity index (χ2n) is 31.7. The molecule has 10 heterocycles. The number of aliphatic hydroxyl groups is 27. The molecule has 56 heteroatoms. The van der Waals surface area contributed by atoms with Crippen LogP contribution in [0, 0.1) is 0 Å². The van der Waals surface area contributed by atoms with Crippen molar-refractivity contribution in [1.29, 1.82) is 0 Å². The van der Waals surface area contributed by atoms with Gasteiger partial charge in [-0.3, -0.25) is 24.0 Å². The van der Waals surface area contributed by atoms with Gasteiger partial charge in [0.05, 0.1) is 66.1 Å². The van der Waals surface area contributed by atoms with Crippen LogP contribution in [0.2, 0.25) is 0 Å². The van der Waals surface area contributed by atoms with Crippen LogP contribution in [0.3, 0.4) is 0 Å². The maximum atomic E-state index is 13.4. The van der Waals surface area contributed by atoms with Crippen molar-refractivity contribution >= 4 is 29.5 Å². The van der Waals surface area contributed by atoms with E-state index in [1.54, 1.807) is 0 Å². The molecule has 126 heavy (non-hydrogen) atoms. The Bertz CT molecular complexity index is 3440. The van der Waals surface area contributed by atoms with Crippen LogP contribution in [0.15, 0.2) is 0 Å². The topological polar surface area (TPSA) is 867 Å². The molecule has 1 unspecified atom stereocenters. The summed E-state index contributed by atoms with van der Waals surface area (Å²) in [6.07, 6.45) is -97.9. The SMILES string of the molecule is CC(=O)N[C@H]1[C@H](O[C@H]2[C@H](O)[C@@H](NC(C)=O)C(O)O[C@@H]2CO)O[C@H](CO)[C@@H](O[C@@H]2O[C@H](CO[C@H]3O[C@H](CO[C@H]4O[C@H](CO)[C@@H](O)[C@H](O)[C@@H]4O)[C@@H](O)[C@H](O)[C@@H]3O)[C@@H](O[C@@H]3O[C@H](CO)[C@@H](O)[C@H](O)[C@H]3NC(C)=O)[C@H](O[C@H]3O[C@H](CO)[C@@H](O[C@@H]4O[C@H](CO)[C@@H](O[C@@H]5O[C@H](CO)[C@H](O)[C@H](O)[C@H]5O)[C@H](O)[C@H]4NC(C)=O)[C@H](O)[C@@H]3O[C@@H]3O[C@H](CO)[C@@H](O)[C@H](O)[C@H]3NC(C)=O)[C@@H]2O)[C@@H]1O. The summed E-state index contributed by atoms with van der Waals surface area (Å²) in [6, 6.07) is -9.81. The number of nitrogens with one attached hydrogen (secondary N) is 5. The smallest absolute Gasteiger partial charge is 0.217 e. The molecular formula is C70H117N5O51. The van der Waals surface area contributed by atoms with E-state index in [2.05, 4.69) is 26.6 Å². The van der Waals surface area contributed by atoms with Crippen LogP contribution < -0.4 is 26.6 Å². The average molecular weight is 1840 g/mol. The number of hydrogen-bond acceptors (Lipinski definition) is 51. The second kappa shape index (κ2) is 45.5. The molecule has 0 saturated carbocycles. The maximum absolute atomic E-state index is 13.4. The summed E-state index contributed by atoms with van der Waals surface area (Å²) in [6.45, 7) is -6.91. The first-order valence-electron chi connectivity index (χ1n) is 40.1. The molecule has 5 amide bonds. The van der Waals surface area contributed by atoms with Crippen molar-refractivity contribution in [2.45, 2.75) is 341 Å². The normalized spacial score (nSPS) is 48.4. The van der Waals surface area contributed by atoms with Gasteiger partial charge in [-0.25, -0.2) is 0 Å². The van der Waals surface area contributed by atoms with E-state index < -0.39 is 402 Å². The minimum absolute atomic E-state index is 0.824. The Morgan fingerprint density at radius 2 is 0.444 bits per heavy atom. The molecule has 728 valence electrons. The molecule has 0 radical (unpaired) electrons. The molecule has 0 aliphatic carbocycles. The van der Waals surface area contributed by atoms with E-state index in [9.17, 15) is 162 Å². The quantitative estimate of drug-likeness (QED) is 0.0290. The van der Waals surface area contributed by atoms with Crippen molar-refractivity contribution in [2.24, 2.45) is 0 Å². The lowest BCUT2D eigenvalue weighted by Crippen LogP contribution is -2.72. The van der Waals surface area contributed by atoms with E-state index >= 15 is 0 Å². The van der Waals surface area contributed by atoms with Gasteiger partial charge in [0.1, 0.15) is 244 Å². The average Bonchev–Trinajstić information content (AvgIpc) is 0.762. The van der Waals surface area contributed by atoms with Gasteiger partial charge in [0.15, 0.2) is 62.9 Å². The molecule has 10 aliphatic heterocycles. The highest BCUT2D eigenvalue weighted by Gasteiger charge is 2.63. The van der Waals surface area contributed by atoms with Crippen molar-refractivity contribution in [2.75, 3.05) is 66.1 Å². The van der Waals surface area contributed by atoms with E-state index in [-0.39, 0.29) is 0 Å². The van der Waals surface area contributed by atoms with Crippen LogP contribution in [0.4, 0.5) is 0 Å². The second-order valence-corrected chi connectivity index (χ2v) is 31.7. The van der Waals surface area contributed by atoms with Crippen molar-refractivity contribution < 1.29 is 252 Å². The van der Waals surface area contributed by atoms with E-state index in [1.807, 2.05) is 0 Å². The molecule has 0 bridgehead atoms. The Morgan fingerprint density at radius 1 is 0.206 bits per heavy atom. The van der Waals surface area contributed by atoms with Crippen molar-refractivity contribution in [3.63, 3.8) is 0 Å². The van der Waals surface area contributed by atoms with Gasteiger partial charge < -0.3 is 254 Å². The van der Waals surface area contributed by atoms with Gasteiger partial charge in [-0.2, -0.15) is 0 Å². The van der Waals surface area contributed by atoms with Crippen LogP contribution in [-0.4, -0.2) is 540 Å². The molecular weight excluding hydrogens is 1730 g/mol.